The summed E-state index contributed by atoms with van der Waals surface area (Å²) in [6, 6.07) is 0. The Balaban J connectivity index is 2.78. The van der Waals surface area contributed by atoms with Gasteiger partial charge in [0.2, 0.25) is 0 Å². The maximum atomic E-state index is 11.3. The van der Waals surface area contributed by atoms with E-state index in [1.165, 1.54) is 0 Å². The first kappa shape index (κ1) is 23.6. The Morgan fingerprint density at radius 2 is 0.929 bits per heavy atom. The molecule has 0 saturated heterocycles. The summed E-state index contributed by atoms with van der Waals surface area (Å²) in [6.07, 6.45) is 5.16. The molecule has 4 nitrogen and oxygen atoms in total. The first-order chi connectivity index (χ1) is 12.2. The van der Waals surface area contributed by atoms with Gasteiger partial charge >= 0.3 is 0 Å². The number of rotatable bonds is 3. The molecule has 0 amide bonds. The van der Waals surface area contributed by atoms with Crippen LogP contribution in [0.25, 0.3) is 0 Å². The molecule has 2 rings (SSSR count). The highest BCUT2D eigenvalue weighted by molar-refractivity contribution is 5.39. The van der Waals surface area contributed by atoms with Gasteiger partial charge in [-0.2, -0.15) is 0 Å². The van der Waals surface area contributed by atoms with E-state index < -0.39 is 28.3 Å². The quantitative estimate of drug-likeness (QED) is 0.423. The van der Waals surface area contributed by atoms with Gasteiger partial charge in [0.1, 0.15) is 0 Å². The van der Waals surface area contributed by atoms with Crippen molar-refractivity contribution in [1.29, 1.82) is 0 Å². The molecule has 0 aliphatic heterocycles. The van der Waals surface area contributed by atoms with E-state index in [1.54, 1.807) is 0 Å². The molecule has 0 aromatic heterocycles. The molecule has 2 aliphatic rings. The zero-order valence-corrected chi connectivity index (χ0v) is 19.5. The van der Waals surface area contributed by atoms with Crippen LogP contribution in [0.4, 0.5) is 0 Å². The molecule has 0 saturated carbocycles. The zero-order valence-electron chi connectivity index (χ0n) is 19.5. The van der Waals surface area contributed by atoms with Gasteiger partial charge < -0.3 is 20.4 Å². The van der Waals surface area contributed by atoms with Crippen LogP contribution in [0.2, 0.25) is 0 Å². The van der Waals surface area contributed by atoms with Gasteiger partial charge in [0.05, 0.1) is 0 Å². The summed E-state index contributed by atoms with van der Waals surface area (Å²) in [5.41, 5.74) is -1.01. The van der Waals surface area contributed by atoms with E-state index in [4.69, 9.17) is 0 Å². The van der Waals surface area contributed by atoms with Crippen LogP contribution in [-0.4, -0.2) is 32.0 Å². The smallest absolute Gasteiger partial charge is 0.191 e. The molecule has 4 heteroatoms. The van der Waals surface area contributed by atoms with Crippen LogP contribution >= 0.6 is 0 Å². The molecular formula is C24H42O4. The van der Waals surface area contributed by atoms with Crippen molar-refractivity contribution in [3.63, 3.8) is 0 Å². The molecule has 0 aromatic carbocycles. The van der Waals surface area contributed by atoms with E-state index in [-0.39, 0.29) is 16.7 Å². The average Bonchev–Trinajstić information content (AvgIpc) is 2.39. The summed E-state index contributed by atoms with van der Waals surface area (Å²) in [6.45, 7) is 19.8. The Morgan fingerprint density at radius 1 is 0.643 bits per heavy atom. The number of aliphatic hydroxyl groups is 4. The van der Waals surface area contributed by atoms with Crippen LogP contribution in [0, 0.1) is 33.5 Å². The zero-order chi connectivity index (χ0) is 22.1. The van der Waals surface area contributed by atoms with Crippen LogP contribution in [0.15, 0.2) is 23.3 Å². The van der Waals surface area contributed by atoms with Crippen LogP contribution in [-0.2, 0) is 0 Å². The highest BCUT2D eigenvalue weighted by atomic mass is 16.5. The summed E-state index contributed by atoms with van der Waals surface area (Å²) < 4.78 is 0. The van der Waals surface area contributed by atoms with Gasteiger partial charge in [-0.05, 0) is 40.7 Å². The lowest BCUT2D eigenvalue weighted by Gasteiger charge is -2.55. The fraction of sp³-hybridized carbons (Fsp3) is 0.833. The molecule has 0 aromatic rings. The van der Waals surface area contributed by atoms with Crippen molar-refractivity contribution < 1.29 is 20.4 Å². The van der Waals surface area contributed by atoms with Gasteiger partial charge in [-0.25, -0.2) is 0 Å². The first-order valence-corrected chi connectivity index (χ1v) is 10.5. The van der Waals surface area contributed by atoms with E-state index >= 15 is 0 Å². The van der Waals surface area contributed by atoms with Crippen molar-refractivity contribution in [2.24, 2.45) is 33.5 Å². The molecule has 28 heavy (non-hydrogen) atoms. The number of hydrogen-bond donors (Lipinski definition) is 4. The van der Waals surface area contributed by atoms with E-state index in [2.05, 4.69) is 27.7 Å². The van der Waals surface area contributed by atoms with E-state index in [9.17, 15) is 20.4 Å². The summed E-state index contributed by atoms with van der Waals surface area (Å²) in [5.74, 6) is -4.58. The molecule has 0 heterocycles. The minimum atomic E-state index is -2.03. The minimum Gasteiger partial charge on any atom is -0.362 e. The van der Waals surface area contributed by atoms with E-state index in [0.29, 0.717) is 24.0 Å². The van der Waals surface area contributed by atoms with Gasteiger partial charge in [-0.1, -0.05) is 81.4 Å². The van der Waals surface area contributed by atoms with Crippen LogP contribution in [0.3, 0.4) is 0 Å². The average molecular weight is 395 g/mol. The third-order valence-corrected chi connectivity index (χ3v) is 6.92. The minimum absolute atomic E-state index is 0.0377. The van der Waals surface area contributed by atoms with Gasteiger partial charge in [-0.3, -0.25) is 0 Å². The molecular weight excluding hydrogens is 352 g/mol. The topological polar surface area (TPSA) is 80.9 Å². The summed E-state index contributed by atoms with van der Waals surface area (Å²) in [7, 11) is 0. The molecule has 0 radical (unpaired) electrons. The lowest BCUT2D eigenvalue weighted by atomic mass is 9.55. The Labute approximate surface area is 171 Å². The van der Waals surface area contributed by atoms with E-state index in [1.807, 2.05) is 53.7 Å². The molecule has 0 atom stereocenters. The van der Waals surface area contributed by atoms with Gasteiger partial charge in [0.15, 0.2) is 11.6 Å². The number of hydrogen-bond acceptors (Lipinski definition) is 4. The van der Waals surface area contributed by atoms with Crippen LogP contribution in [0.5, 0.6) is 0 Å². The van der Waals surface area contributed by atoms with Gasteiger partial charge in [-0.15, -0.1) is 0 Å². The maximum absolute atomic E-state index is 11.3. The molecule has 0 bridgehead atoms. The molecule has 0 spiro atoms. The summed E-state index contributed by atoms with van der Waals surface area (Å²) in [5, 5.41) is 45.1. The van der Waals surface area contributed by atoms with Gasteiger partial charge in [0, 0.05) is 16.7 Å². The second kappa shape index (κ2) is 6.41. The second-order valence-electron chi connectivity index (χ2n) is 12.4. The summed E-state index contributed by atoms with van der Waals surface area (Å²) >= 11 is 0. The normalized spacial score (nSPS) is 29.4. The molecule has 4 N–H and O–H groups in total. The van der Waals surface area contributed by atoms with Gasteiger partial charge in [0.25, 0.3) is 0 Å². The van der Waals surface area contributed by atoms with Crippen molar-refractivity contribution in [2.45, 2.75) is 93.7 Å². The SMILES string of the molecule is CC(C)C(C1=CC(C)(C)CC(C)(C)C1(O)O)C1=CC(C)(C)CC(C)(C)C1(O)O. The van der Waals surface area contributed by atoms with Crippen LogP contribution < -0.4 is 0 Å². The van der Waals surface area contributed by atoms with Crippen molar-refractivity contribution in [3.8, 4) is 0 Å². The molecule has 0 fully saturated rings. The van der Waals surface area contributed by atoms with Crippen molar-refractivity contribution in [1.82, 2.24) is 0 Å². The highest BCUT2D eigenvalue weighted by Gasteiger charge is 2.58. The predicted octanol–water partition coefficient (Wildman–Crippen LogP) is 4.39. The van der Waals surface area contributed by atoms with E-state index in [0.717, 1.165) is 0 Å². The second-order valence-corrected chi connectivity index (χ2v) is 12.4. The third kappa shape index (κ3) is 3.74. The van der Waals surface area contributed by atoms with Crippen LogP contribution in [0.1, 0.15) is 82.1 Å². The molecule has 2 aliphatic carbocycles. The third-order valence-electron chi connectivity index (χ3n) is 6.92. The van der Waals surface area contributed by atoms with Crippen molar-refractivity contribution in [3.05, 3.63) is 23.3 Å². The summed E-state index contributed by atoms with van der Waals surface area (Å²) in [4.78, 5) is 0. The molecule has 162 valence electrons. The maximum Gasteiger partial charge on any atom is 0.191 e. The highest BCUT2D eigenvalue weighted by Crippen LogP contribution is 2.58. The largest absolute Gasteiger partial charge is 0.362 e. The lowest BCUT2D eigenvalue weighted by molar-refractivity contribution is -0.235. The standard InChI is InChI=1S/C24H42O4/c1-15(2)18(16-11-19(3,4)13-21(7,8)23(16,25)26)17-12-20(5,6)14-22(9,10)24(17,27)28/h11-12,15,18,25-28H,13-14H2,1-10H3. The predicted molar refractivity (Wildman–Crippen MR) is 113 cm³/mol. The van der Waals surface area contributed by atoms with Crippen molar-refractivity contribution in [2.75, 3.05) is 0 Å². The monoisotopic (exact) mass is 394 g/mol. The number of allylic oxidation sites excluding steroid dienone is 2. The fourth-order valence-electron chi connectivity index (χ4n) is 5.95. The Kier molecular flexibility index (Phi) is 5.40. The Morgan fingerprint density at radius 3 is 1.18 bits per heavy atom. The Hall–Kier alpha value is -0.680. The Bertz CT molecular complexity index is 631. The molecule has 0 unspecified atom stereocenters. The first-order valence-electron chi connectivity index (χ1n) is 10.5. The fourth-order valence-corrected chi connectivity index (χ4v) is 5.95. The van der Waals surface area contributed by atoms with Crippen molar-refractivity contribution >= 4 is 0 Å². The lowest BCUT2D eigenvalue weighted by Crippen LogP contribution is -2.57.